The molecule has 2 rings (SSSR count). The van der Waals surface area contributed by atoms with E-state index in [2.05, 4.69) is 17.9 Å². The fourth-order valence-corrected chi connectivity index (χ4v) is 2.36. The lowest BCUT2D eigenvalue weighted by Crippen LogP contribution is -2.28. The summed E-state index contributed by atoms with van der Waals surface area (Å²) >= 11 is 0. The van der Waals surface area contributed by atoms with Crippen LogP contribution in [0.15, 0.2) is 0 Å². The van der Waals surface area contributed by atoms with Gasteiger partial charge in [-0.3, -0.25) is 4.39 Å². The van der Waals surface area contributed by atoms with Crippen molar-refractivity contribution in [1.82, 2.24) is 4.90 Å². The van der Waals surface area contributed by atoms with E-state index >= 15 is 0 Å². The van der Waals surface area contributed by atoms with Crippen molar-refractivity contribution < 1.29 is 4.39 Å². The minimum atomic E-state index is -0.211. The van der Waals surface area contributed by atoms with E-state index in [0.29, 0.717) is 5.92 Å². The minimum Gasteiger partial charge on any atom is -0.301 e. The summed E-state index contributed by atoms with van der Waals surface area (Å²) in [6.07, 6.45) is 2.07. The van der Waals surface area contributed by atoms with Gasteiger partial charge < -0.3 is 4.90 Å². The molecule has 1 saturated carbocycles. The van der Waals surface area contributed by atoms with Crippen LogP contribution in [0.25, 0.3) is 0 Å². The quantitative estimate of drug-likeness (QED) is 0.740. The summed E-state index contributed by atoms with van der Waals surface area (Å²) in [5.41, 5.74) is -0.0646. The molecule has 0 spiro atoms. The number of likely N-dealkylation sites (tertiary alicyclic amines) is 1. The van der Waals surface area contributed by atoms with Gasteiger partial charge in [-0.2, -0.15) is 5.26 Å². The molecule has 2 nitrogen and oxygen atoms in total. The Bertz CT molecular complexity index is 255. The lowest BCUT2D eigenvalue weighted by Gasteiger charge is -2.18. The summed E-state index contributed by atoms with van der Waals surface area (Å²) in [6, 6.07) is 2.39. The van der Waals surface area contributed by atoms with Crippen LogP contribution < -0.4 is 0 Å². The van der Waals surface area contributed by atoms with E-state index in [1.807, 2.05) is 13.8 Å². The third-order valence-electron chi connectivity index (χ3n) is 3.66. The summed E-state index contributed by atoms with van der Waals surface area (Å²) in [7, 11) is 0. The molecule has 0 aromatic heterocycles. The van der Waals surface area contributed by atoms with Gasteiger partial charge in [-0.1, -0.05) is 20.8 Å². The van der Waals surface area contributed by atoms with Crippen molar-refractivity contribution in [2.75, 3.05) is 26.3 Å². The summed E-state index contributed by atoms with van der Waals surface area (Å²) in [5.74, 6) is 0.652. The van der Waals surface area contributed by atoms with E-state index in [0.717, 1.165) is 32.5 Å². The van der Waals surface area contributed by atoms with Crippen LogP contribution >= 0.6 is 0 Å². The number of halogens is 1. The average molecular weight is 226 g/mol. The first-order valence-corrected chi connectivity index (χ1v) is 6.39. The topological polar surface area (TPSA) is 27.0 Å². The first kappa shape index (κ1) is 13.4. The van der Waals surface area contributed by atoms with Crippen molar-refractivity contribution in [3.05, 3.63) is 0 Å². The molecule has 0 aromatic carbocycles. The molecule has 1 heterocycles. The first-order chi connectivity index (χ1) is 7.69. The van der Waals surface area contributed by atoms with E-state index in [-0.39, 0.29) is 18.0 Å². The number of nitriles is 1. The SMILES string of the molecule is CC.CC1CN(CC2(C#N)CC2)CC1CF. The standard InChI is InChI=1S/C11H17FN2.C2H6/c1-9-5-14(6-10(9)4-12)8-11(7-13)2-3-11;1-2/h9-10H,2-6,8H2,1H3;1-2H3. The van der Waals surface area contributed by atoms with Crippen molar-refractivity contribution >= 4 is 0 Å². The second kappa shape index (κ2) is 5.63. The van der Waals surface area contributed by atoms with Crippen molar-refractivity contribution in [3.63, 3.8) is 0 Å². The van der Waals surface area contributed by atoms with Crippen LogP contribution in [0, 0.1) is 28.6 Å². The minimum absolute atomic E-state index is 0.0646. The van der Waals surface area contributed by atoms with Crippen LogP contribution in [-0.2, 0) is 0 Å². The van der Waals surface area contributed by atoms with Crippen molar-refractivity contribution in [3.8, 4) is 6.07 Å². The Morgan fingerprint density at radius 2 is 2.00 bits per heavy atom. The Labute approximate surface area is 98.4 Å². The molecule has 2 unspecified atom stereocenters. The fourth-order valence-electron chi connectivity index (χ4n) is 2.36. The first-order valence-electron chi connectivity index (χ1n) is 6.39. The van der Waals surface area contributed by atoms with E-state index in [1.54, 1.807) is 0 Å². The summed E-state index contributed by atoms with van der Waals surface area (Å²) in [4.78, 5) is 2.27. The maximum atomic E-state index is 12.6. The Morgan fingerprint density at radius 3 is 2.38 bits per heavy atom. The van der Waals surface area contributed by atoms with E-state index in [9.17, 15) is 4.39 Å². The third kappa shape index (κ3) is 2.95. The largest absolute Gasteiger partial charge is 0.301 e. The molecule has 2 aliphatic rings. The molecule has 92 valence electrons. The molecule has 0 amide bonds. The Balaban J connectivity index is 0.000000606. The molecule has 16 heavy (non-hydrogen) atoms. The average Bonchev–Trinajstić information content (AvgIpc) is 2.99. The highest BCUT2D eigenvalue weighted by Gasteiger charge is 2.46. The zero-order valence-electron chi connectivity index (χ0n) is 10.7. The lowest BCUT2D eigenvalue weighted by molar-refractivity contribution is 0.273. The number of nitrogens with zero attached hydrogens (tertiary/aromatic N) is 2. The van der Waals surface area contributed by atoms with Crippen LogP contribution in [0.2, 0.25) is 0 Å². The second-order valence-electron chi connectivity index (χ2n) is 4.98. The highest BCUT2D eigenvalue weighted by molar-refractivity contribution is 5.11. The molecule has 0 aromatic rings. The molecule has 0 radical (unpaired) electrons. The highest BCUT2D eigenvalue weighted by atomic mass is 19.1. The van der Waals surface area contributed by atoms with Gasteiger partial charge in [0.15, 0.2) is 0 Å². The van der Waals surface area contributed by atoms with Crippen molar-refractivity contribution in [2.45, 2.75) is 33.6 Å². The monoisotopic (exact) mass is 226 g/mol. The predicted octanol–water partition coefficient (Wildman–Crippen LogP) is 2.85. The van der Waals surface area contributed by atoms with Crippen LogP contribution in [0.3, 0.4) is 0 Å². The number of hydrogen-bond acceptors (Lipinski definition) is 2. The van der Waals surface area contributed by atoms with Gasteiger partial charge in [-0.25, -0.2) is 0 Å². The van der Waals surface area contributed by atoms with Gasteiger partial charge in [-0.15, -0.1) is 0 Å². The summed E-state index contributed by atoms with van der Waals surface area (Å²) < 4.78 is 12.6. The van der Waals surface area contributed by atoms with Crippen LogP contribution in [0.4, 0.5) is 4.39 Å². The highest BCUT2D eigenvalue weighted by Crippen LogP contribution is 2.46. The fraction of sp³-hybridized carbons (Fsp3) is 0.923. The van der Waals surface area contributed by atoms with Crippen molar-refractivity contribution in [1.29, 1.82) is 5.26 Å². The maximum Gasteiger partial charge on any atom is 0.0937 e. The molecule has 1 aliphatic heterocycles. The van der Waals surface area contributed by atoms with Gasteiger partial charge in [-0.05, 0) is 18.8 Å². The summed E-state index contributed by atoms with van der Waals surface area (Å²) in [6.45, 7) is 8.58. The molecular formula is C13H23FN2. The Kier molecular flexibility index (Phi) is 4.73. The summed E-state index contributed by atoms with van der Waals surface area (Å²) in [5, 5.41) is 8.96. The van der Waals surface area contributed by atoms with Gasteiger partial charge in [0, 0.05) is 25.6 Å². The van der Waals surface area contributed by atoms with Gasteiger partial charge in [0.25, 0.3) is 0 Å². The Morgan fingerprint density at radius 1 is 1.38 bits per heavy atom. The molecule has 0 bridgehead atoms. The van der Waals surface area contributed by atoms with Gasteiger partial charge in [0.2, 0.25) is 0 Å². The van der Waals surface area contributed by atoms with Gasteiger partial charge in [0.05, 0.1) is 18.2 Å². The normalized spacial score (nSPS) is 31.4. The van der Waals surface area contributed by atoms with Crippen LogP contribution in [0.5, 0.6) is 0 Å². The van der Waals surface area contributed by atoms with E-state index < -0.39 is 0 Å². The molecule has 0 N–H and O–H groups in total. The van der Waals surface area contributed by atoms with Crippen LogP contribution in [0.1, 0.15) is 33.6 Å². The van der Waals surface area contributed by atoms with Crippen molar-refractivity contribution in [2.24, 2.45) is 17.3 Å². The molecule has 2 fully saturated rings. The molecule has 3 heteroatoms. The number of rotatable bonds is 3. The second-order valence-corrected chi connectivity index (χ2v) is 4.98. The third-order valence-corrected chi connectivity index (χ3v) is 3.66. The Hall–Kier alpha value is -0.620. The van der Waals surface area contributed by atoms with Crippen LogP contribution in [-0.4, -0.2) is 31.2 Å². The lowest BCUT2D eigenvalue weighted by atomic mass is 10.0. The molecule has 1 aliphatic carbocycles. The van der Waals surface area contributed by atoms with E-state index in [4.69, 9.17) is 5.26 Å². The molecular weight excluding hydrogens is 203 g/mol. The van der Waals surface area contributed by atoms with E-state index in [1.165, 1.54) is 0 Å². The maximum absolute atomic E-state index is 12.6. The molecule has 1 saturated heterocycles. The van der Waals surface area contributed by atoms with Gasteiger partial charge >= 0.3 is 0 Å². The smallest absolute Gasteiger partial charge is 0.0937 e. The predicted molar refractivity (Wildman–Crippen MR) is 63.7 cm³/mol. The zero-order chi connectivity index (χ0) is 12.2. The van der Waals surface area contributed by atoms with Gasteiger partial charge in [0.1, 0.15) is 0 Å². The molecule has 2 atom stereocenters. The number of alkyl halides is 1. The zero-order valence-corrected chi connectivity index (χ0v) is 10.7. The number of hydrogen-bond donors (Lipinski definition) is 0.